The summed E-state index contributed by atoms with van der Waals surface area (Å²) >= 11 is 0. The molecule has 0 aliphatic rings. The molecule has 74 valence electrons. The lowest BCUT2D eigenvalue weighted by Crippen LogP contribution is -2.05. The molecule has 0 fully saturated rings. The molecular weight excluding hydrogens is 180 g/mol. The third-order valence-corrected chi connectivity index (χ3v) is 1.92. The molecule has 1 rings (SSSR count). The zero-order valence-electron chi connectivity index (χ0n) is 7.99. The summed E-state index contributed by atoms with van der Waals surface area (Å²) in [5, 5.41) is 8.63. The molecule has 0 atom stereocenters. The van der Waals surface area contributed by atoms with Crippen molar-refractivity contribution < 1.29 is 14.6 Å². The van der Waals surface area contributed by atoms with Gasteiger partial charge in [-0.1, -0.05) is 18.7 Å². The summed E-state index contributed by atoms with van der Waals surface area (Å²) in [6.07, 6.45) is 0. The van der Waals surface area contributed by atoms with E-state index in [0.717, 1.165) is 5.75 Å². The summed E-state index contributed by atoms with van der Waals surface area (Å²) in [5.41, 5.74) is 1.01. The molecule has 1 N–H and O–H groups in total. The van der Waals surface area contributed by atoms with Crippen LogP contribution in [0.15, 0.2) is 30.8 Å². The van der Waals surface area contributed by atoms with Crippen LogP contribution in [0.4, 0.5) is 0 Å². The van der Waals surface area contributed by atoms with E-state index in [1.165, 1.54) is 0 Å². The van der Waals surface area contributed by atoms with Crippen LogP contribution in [0.25, 0.3) is 5.57 Å². The largest absolute Gasteiger partial charge is 0.497 e. The van der Waals surface area contributed by atoms with Crippen molar-refractivity contribution in [2.75, 3.05) is 13.7 Å². The summed E-state index contributed by atoms with van der Waals surface area (Å²) in [4.78, 5) is 11.1. The summed E-state index contributed by atoms with van der Waals surface area (Å²) < 4.78 is 4.97. The number of ketones is 1. The Morgan fingerprint density at radius 2 is 2.00 bits per heavy atom. The maximum absolute atomic E-state index is 11.1. The fraction of sp³-hybridized carbons (Fsp3) is 0.182. The minimum Gasteiger partial charge on any atom is -0.497 e. The number of carbonyl (C=O) groups excluding carboxylic acids is 1. The van der Waals surface area contributed by atoms with Gasteiger partial charge in [-0.3, -0.25) is 4.79 Å². The van der Waals surface area contributed by atoms with Crippen LogP contribution in [0.2, 0.25) is 0 Å². The quantitative estimate of drug-likeness (QED) is 0.731. The SMILES string of the molecule is C=C(C(=O)CO)c1ccc(OC)cc1. The molecule has 1 aromatic carbocycles. The first kappa shape index (κ1) is 10.5. The van der Waals surface area contributed by atoms with Crippen LogP contribution in [-0.2, 0) is 4.79 Å². The highest BCUT2D eigenvalue weighted by atomic mass is 16.5. The van der Waals surface area contributed by atoms with Crippen LogP contribution in [0.5, 0.6) is 5.75 Å². The van der Waals surface area contributed by atoms with Crippen molar-refractivity contribution in [1.29, 1.82) is 0 Å². The van der Waals surface area contributed by atoms with E-state index in [1.807, 2.05) is 0 Å². The lowest BCUT2D eigenvalue weighted by atomic mass is 10.0. The number of Topliss-reactive ketones (excluding diaryl/α,β-unsaturated/α-hetero) is 1. The maximum Gasteiger partial charge on any atom is 0.188 e. The topological polar surface area (TPSA) is 46.5 Å². The van der Waals surface area contributed by atoms with Gasteiger partial charge in [0.15, 0.2) is 5.78 Å². The van der Waals surface area contributed by atoms with Crippen molar-refractivity contribution in [3.8, 4) is 5.75 Å². The molecule has 0 aliphatic heterocycles. The number of aliphatic hydroxyl groups excluding tert-OH is 1. The molecule has 1 aromatic rings. The van der Waals surface area contributed by atoms with Crippen molar-refractivity contribution in [3.05, 3.63) is 36.4 Å². The van der Waals surface area contributed by atoms with Gasteiger partial charge in [0.1, 0.15) is 12.4 Å². The standard InChI is InChI=1S/C11H12O3/c1-8(11(13)7-12)9-3-5-10(14-2)6-4-9/h3-6,12H,1,7H2,2H3. The van der Waals surface area contributed by atoms with E-state index >= 15 is 0 Å². The first-order chi connectivity index (χ1) is 6.69. The smallest absolute Gasteiger partial charge is 0.188 e. The highest BCUT2D eigenvalue weighted by Gasteiger charge is 2.07. The van der Waals surface area contributed by atoms with Crippen LogP contribution in [0, 0.1) is 0 Å². The number of hydrogen-bond donors (Lipinski definition) is 1. The highest BCUT2D eigenvalue weighted by Crippen LogP contribution is 2.17. The highest BCUT2D eigenvalue weighted by molar-refractivity contribution is 6.20. The van der Waals surface area contributed by atoms with Gasteiger partial charge in [-0.05, 0) is 17.7 Å². The molecule has 3 heteroatoms. The van der Waals surface area contributed by atoms with Crippen LogP contribution < -0.4 is 4.74 Å². The predicted octanol–water partition coefficient (Wildman–Crippen LogP) is 1.27. The van der Waals surface area contributed by atoms with Crippen molar-refractivity contribution in [1.82, 2.24) is 0 Å². The average Bonchev–Trinajstić information content (AvgIpc) is 2.27. The molecule has 0 spiro atoms. The van der Waals surface area contributed by atoms with E-state index in [9.17, 15) is 4.79 Å². The van der Waals surface area contributed by atoms with Crippen molar-refractivity contribution in [2.24, 2.45) is 0 Å². The van der Waals surface area contributed by atoms with Gasteiger partial charge in [0, 0.05) is 5.57 Å². The Labute approximate surface area is 82.6 Å². The number of aliphatic hydroxyl groups is 1. The molecule has 0 bridgehead atoms. The number of benzene rings is 1. The zero-order valence-corrected chi connectivity index (χ0v) is 7.99. The first-order valence-corrected chi connectivity index (χ1v) is 4.16. The molecule has 0 aliphatic carbocycles. The molecule has 14 heavy (non-hydrogen) atoms. The van der Waals surface area contributed by atoms with Gasteiger partial charge in [0.2, 0.25) is 0 Å². The van der Waals surface area contributed by atoms with Gasteiger partial charge in [-0.15, -0.1) is 0 Å². The van der Waals surface area contributed by atoms with Crippen LogP contribution in [-0.4, -0.2) is 24.6 Å². The Morgan fingerprint density at radius 3 is 2.43 bits per heavy atom. The van der Waals surface area contributed by atoms with E-state index in [4.69, 9.17) is 9.84 Å². The Kier molecular flexibility index (Phi) is 3.42. The van der Waals surface area contributed by atoms with Gasteiger partial charge >= 0.3 is 0 Å². The summed E-state index contributed by atoms with van der Waals surface area (Å²) in [6, 6.07) is 6.94. The second-order valence-electron chi connectivity index (χ2n) is 2.79. The summed E-state index contributed by atoms with van der Waals surface area (Å²) in [6.45, 7) is 3.09. The van der Waals surface area contributed by atoms with Crippen molar-refractivity contribution >= 4 is 11.4 Å². The van der Waals surface area contributed by atoms with E-state index in [0.29, 0.717) is 11.1 Å². The Hall–Kier alpha value is -1.61. The lowest BCUT2D eigenvalue weighted by molar-refractivity contribution is -0.116. The van der Waals surface area contributed by atoms with Gasteiger partial charge in [-0.2, -0.15) is 0 Å². The molecular formula is C11H12O3. The maximum atomic E-state index is 11.1. The molecule has 0 unspecified atom stereocenters. The third kappa shape index (κ3) is 2.20. The molecule has 0 radical (unpaired) electrons. The molecule has 3 nitrogen and oxygen atoms in total. The zero-order chi connectivity index (χ0) is 10.6. The first-order valence-electron chi connectivity index (χ1n) is 4.16. The van der Waals surface area contributed by atoms with Gasteiger partial charge in [0.05, 0.1) is 7.11 Å². The molecule has 0 saturated carbocycles. The predicted molar refractivity (Wildman–Crippen MR) is 54.1 cm³/mol. The van der Waals surface area contributed by atoms with E-state index in [-0.39, 0.29) is 5.78 Å². The Morgan fingerprint density at radius 1 is 1.43 bits per heavy atom. The van der Waals surface area contributed by atoms with Crippen LogP contribution in [0.3, 0.4) is 0 Å². The van der Waals surface area contributed by atoms with Crippen molar-refractivity contribution in [3.63, 3.8) is 0 Å². The lowest BCUT2D eigenvalue weighted by Gasteiger charge is -2.04. The van der Waals surface area contributed by atoms with Gasteiger partial charge < -0.3 is 9.84 Å². The number of ether oxygens (including phenoxy) is 1. The normalized spacial score (nSPS) is 9.57. The van der Waals surface area contributed by atoms with Crippen LogP contribution in [0.1, 0.15) is 5.56 Å². The monoisotopic (exact) mass is 192 g/mol. The van der Waals surface area contributed by atoms with Gasteiger partial charge in [0.25, 0.3) is 0 Å². The minimum absolute atomic E-state index is 0.315. The second-order valence-corrected chi connectivity index (χ2v) is 2.79. The number of methoxy groups -OCH3 is 1. The summed E-state index contributed by atoms with van der Waals surface area (Å²) in [7, 11) is 1.57. The number of rotatable bonds is 4. The van der Waals surface area contributed by atoms with Gasteiger partial charge in [-0.25, -0.2) is 0 Å². The Balaban J connectivity index is 2.87. The molecule has 0 amide bonds. The molecule has 0 aromatic heterocycles. The molecule has 0 heterocycles. The molecule has 0 saturated heterocycles. The third-order valence-electron chi connectivity index (χ3n) is 1.92. The van der Waals surface area contributed by atoms with Crippen molar-refractivity contribution in [2.45, 2.75) is 0 Å². The van der Waals surface area contributed by atoms with E-state index in [2.05, 4.69) is 6.58 Å². The minimum atomic E-state index is -0.509. The van der Waals surface area contributed by atoms with E-state index < -0.39 is 6.61 Å². The summed E-state index contributed by atoms with van der Waals surface area (Å²) in [5.74, 6) is 0.355. The van der Waals surface area contributed by atoms with E-state index in [1.54, 1.807) is 31.4 Å². The number of hydrogen-bond acceptors (Lipinski definition) is 3. The average molecular weight is 192 g/mol. The Bertz CT molecular complexity index is 338. The second kappa shape index (κ2) is 4.58. The fourth-order valence-electron chi connectivity index (χ4n) is 1.05. The van der Waals surface area contributed by atoms with Crippen LogP contribution >= 0.6 is 0 Å². The fourth-order valence-corrected chi connectivity index (χ4v) is 1.05. The number of carbonyl (C=O) groups is 1.